The van der Waals surface area contributed by atoms with Gasteiger partial charge in [0, 0.05) is 57.1 Å². The zero-order valence-corrected chi connectivity index (χ0v) is 20.0. The van der Waals surface area contributed by atoms with Crippen LogP contribution < -0.4 is 5.32 Å². The minimum absolute atomic E-state index is 0.0854. The van der Waals surface area contributed by atoms with Crippen molar-refractivity contribution in [3.63, 3.8) is 0 Å². The van der Waals surface area contributed by atoms with Crippen LogP contribution in [0.15, 0.2) is 42.5 Å². The van der Waals surface area contributed by atoms with E-state index in [1.54, 1.807) is 0 Å². The Labute approximate surface area is 196 Å². The van der Waals surface area contributed by atoms with E-state index in [2.05, 4.69) is 34.5 Å². The normalized spacial score (nSPS) is 19.7. The molecule has 0 bridgehead atoms. The number of rotatable bonds is 7. The van der Waals surface area contributed by atoms with Gasteiger partial charge in [-0.15, -0.1) is 0 Å². The van der Waals surface area contributed by atoms with E-state index < -0.39 is 10.0 Å². The van der Waals surface area contributed by atoms with Crippen LogP contribution in [0.2, 0.25) is 0 Å². The second-order valence-electron chi connectivity index (χ2n) is 9.48. The van der Waals surface area contributed by atoms with Crippen molar-refractivity contribution in [3.8, 4) is 0 Å². The van der Waals surface area contributed by atoms with E-state index in [1.807, 2.05) is 23.1 Å². The summed E-state index contributed by atoms with van der Waals surface area (Å²) < 4.78 is 24.6. The minimum Gasteiger partial charge on any atom is -0.380 e. The molecular formula is C25H32N4O3S. The molecule has 33 heavy (non-hydrogen) atoms. The van der Waals surface area contributed by atoms with Crippen LogP contribution in [0.5, 0.6) is 0 Å². The third-order valence-corrected chi connectivity index (χ3v) is 8.31. The van der Waals surface area contributed by atoms with Gasteiger partial charge in [-0.3, -0.25) is 9.69 Å². The Hall–Kier alpha value is -2.42. The lowest BCUT2D eigenvalue weighted by Crippen LogP contribution is -2.56. The van der Waals surface area contributed by atoms with Crippen LogP contribution in [0.1, 0.15) is 33.5 Å². The average molecular weight is 469 g/mol. The fourth-order valence-electron chi connectivity index (χ4n) is 5.09. The molecule has 0 atom stereocenters. The molecule has 1 N–H and O–H groups in total. The highest BCUT2D eigenvalue weighted by atomic mass is 32.2. The fourth-order valence-corrected chi connectivity index (χ4v) is 5.99. The molecule has 1 amide bonds. The largest absolute Gasteiger partial charge is 0.380 e. The molecule has 0 unspecified atom stereocenters. The molecule has 2 aromatic carbocycles. The summed E-state index contributed by atoms with van der Waals surface area (Å²) in [6, 6.07) is 14.7. The molecule has 1 fully saturated rings. The van der Waals surface area contributed by atoms with Crippen molar-refractivity contribution in [2.45, 2.75) is 31.8 Å². The molecular weight excluding hydrogens is 436 g/mol. The van der Waals surface area contributed by atoms with Gasteiger partial charge in [0.25, 0.3) is 5.91 Å². The van der Waals surface area contributed by atoms with Gasteiger partial charge in [0.1, 0.15) is 0 Å². The third-order valence-electron chi connectivity index (χ3n) is 7.08. The Morgan fingerprint density at radius 1 is 0.970 bits per heavy atom. The second kappa shape index (κ2) is 9.08. The molecule has 0 aromatic heterocycles. The first-order chi connectivity index (χ1) is 15.9. The summed E-state index contributed by atoms with van der Waals surface area (Å²) in [6.07, 6.45) is 4.19. The lowest BCUT2D eigenvalue weighted by Gasteiger charge is -2.38. The summed E-state index contributed by atoms with van der Waals surface area (Å²) >= 11 is 0. The number of amides is 1. The second-order valence-corrected chi connectivity index (χ2v) is 11.5. The highest BCUT2D eigenvalue weighted by Crippen LogP contribution is 2.25. The summed E-state index contributed by atoms with van der Waals surface area (Å²) in [7, 11) is -3.12. The lowest BCUT2D eigenvalue weighted by molar-refractivity contribution is 0.0730. The predicted molar refractivity (Wildman–Crippen MR) is 130 cm³/mol. The number of anilines is 1. The molecule has 5 rings (SSSR count). The van der Waals surface area contributed by atoms with Gasteiger partial charge in [-0.25, -0.2) is 8.42 Å². The summed E-state index contributed by atoms with van der Waals surface area (Å²) in [5.74, 6) is 0.107. The van der Waals surface area contributed by atoms with Gasteiger partial charge in [-0.2, -0.15) is 4.31 Å². The number of benzene rings is 2. The molecule has 0 saturated carbocycles. The minimum atomic E-state index is -3.12. The maximum absolute atomic E-state index is 13.2. The molecule has 176 valence electrons. The number of sulfonamides is 1. The Balaban J connectivity index is 1.14. The van der Waals surface area contributed by atoms with Crippen LogP contribution in [-0.4, -0.2) is 80.0 Å². The number of nitrogens with zero attached hydrogens (tertiary/aromatic N) is 3. The Morgan fingerprint density at radius 3 is 2.52 bits per heavy atom. The van der Waals surface area contributed by atoms with Crippen molar-refractivity contribution in [3.05, 3.63) is 64.7 Å². The number of hydrogen-bond acceptors (Lipinski definition) is 5. The molecule has 7 nitrogen and oxygen atoms in total. The molecule has 0 radical (unpaired) electrons. The summed E-state index contributed by atoms with van der Waals surface area (Å²) in [5, 5.41) is 3.38. The van der Waals surface area contributed by atoms with Gasteiger partial charge < -0.3 is 10.2 Å². The first-order valence-electron chi connectivity index (χ1n) is 11.8. The topological polar surface area (TPSA) is 73.0 Å². The monoisotopic (exact) mass is 468 g/mol. The Kier molecular flexibility index (Phi) is 6.16. The number of hydrogen-bond donors (Lipinski definition) is 1. The van der Waals surface area contributed by atoms with Gasteiger partial charge >= 0.3 is 0 Å². The van der Waals surface area contributed by atoms with Crippen molar-refractivity contribution < 1.29 is 13.2 Å². The molecule has 3 heterocycles. The predicted octanol–water partition coefficient (Wildman–Crippen LogP) is 2.19. The van der Waals surface area contributed by atoms with Gasteiger partial charge in [0.15, 0.2) is 0 Å². The Bertz CT molecular complexity index is 1140. The van der Waals surface area contributed by atoms with Crippen molar-refractivity contribution in [2.24, 2.45) is 0 Å². The maximum Gasteiger partial charge on any atom is 0.254 e. The smallest absolute Gasteiger partial charge is 0.254 e. The highest BCUT2D eigenvalue weighted by molar-refractivity contribution is 7.88. The van der Waals surface area contributed by atoms with E-state index in [0.717, 1.165) is 68.8 Å². The van der Waals surface area contributed by atoms with Gasteiger partial charge in [0.05, 0.1) is 12.3 Å². The van der Waals surface area contributed by atoms with Crippen LogP contribution in [0.25, 0.3) is 0 Å². The van der Waals surface area contributed by atoms with E-state index in [9.17, 15) is 13.2 Å². The van der Waals surface area contributed by atoms with Gasteiger partial charge in [-0.1, -0.05) is 30.3 Å². The third kappa shape index (κ3) is 4.93. The van der Waals surface area contributed by atoms with E-state index in [0.29, 0.717) is 13.1 Å². The number of carbonyl (C=O) groups is 1. The molecule has 3 aliphatic rings. The average Bonchev–Trinajstić information content (AvgIpc) is 2.77. The van der Waals surface area contributed by atoms with Crippen molar-refractivity contribution in [1.82, 2.24) is 14.1 Å². The van der Waals surface area contributed by atoms with Crippen molar-refractivity contribution >= 4 is 21.6 Å². The zero-order valence-electron chi connectivity index (χ0n) is 19.2. The molecule has 0 aliphatic carbocycles. The molecule has 1 saturated heterocycles. The molecule has 8 heteroatoms. The molecule has 2 aromatic rings. The molecule has 3 aliphatic heterocycles. The highest BCUT2D eigenvalue weighted by Gasteiger charge is 2.33. The summed E-state index contributed by atoms with van der Waals surface area (Å²) in [5.41, 5.74) is 5.65. The van der Waals surface area contributed by atoms with E-state index in [-0.39, 0.29) is 11.9 Å². The summed E-state index contributed by atoms with van der Waals surface area (Å²) in [6.45, 7) is 5.58. The zero-order chi connectivity index (χ0) is 23.0. The number of fused-ring (bicyclic) bond motifs is 2. The van der Waals surface area contributed by atoms with E-state index in [4.69, 9.17) is 0 Å². The van der Waals surface area contributed by atoms with Gasteiger partial charge in [0.2, 0.25) is 10.0 Å². The first-order valence-corrected chi connectivity index (χ1v) is 13.6. The van der Waals surface area contributed by atoms with E-state index >= 15 is 0 Å². The fraction of sp³-hybridized carbons (Fsp3) is 0.480. The number of nitrogens with one attached hydrogen (secondary N) is 1. The van der Waals surface area contributed by atoms with Gasteiger partial charge in [-0.05, 0) is 48.1 Å². The lowest BCUT2D eigenvalue weighted by atomic mass is 9.97. The van der Waals surface area contributed by atoms with Crippen LogP contribution in [0, 0.1) is 0 Å². The van der Waals surface area contributed by atoms with Crippen LogP contribution in [0.3, 0.4) is 0 Å². The Morgan fingerprint density at radius 2 is 1.73 bits per heavy atom. The van der Waals surface area contributed by atoms with Crippen molar-refractivity contribution in [1.29, 1.82) is 0 Å². The quantitative estimate of drug-likeness (QED) is 0.675. The maximum atomic E-state index is 13.2. The van der Waals surface area contributed by atoms with Crippen LogP contribution in [0.4, 0.5) is 5.69 Å². The van der Waals surface area contributed by atoms with Crippen LogP contribution >= 0.6 is 0 Å². The molecule has 0 spiro atoms. The van der Waals surface area contributed by atoms with E-state index in [1.165, 1.54) is 21.7 Å². The standard InChI is InChI=1S/C25H32N4O3S/c1-33(31,32)29-17-23(18-29)26-22-8-7-20-10-14-28(25(30)24(20)15-22)12-4-11-27-13-9-19-5-2-3-6-21(19)16-27/h2-3,5-8,15,23,26H,4,9-14,16-18H2,1H3. The number of carbonyl (C=O) groups excluding carboxylic acids is 1. The first kappa shape index (κ1) is 22.4. The van der Waals surface area contributed by atoms with Crippen molar-refractivity contribution in [2.75, 3.05) is 50.8 Å². The van der Waals surface area contributed by atoms with Crippen LogP contribution in [-0.2, 0) is 29.4 Å². The summed E-state index contributed by atoms with van der Waals surface area (Å²) in [4.78, 5) is 17.6. The SMILES string of the molecule is CS(=O)(=O)N1CC(Nc2ccc3c(c2)C(=O)N(CCCN2CCc4ccccc4C2)CC3)C1.